The van der Waals surface area contributed by atoms with Crippen LogP contribution in [0.5, 0.6) is 0 Å². The van der Waals surface area contributed by atoms with Crippen molar-refractivity contribution in [1.82, 2.24) is 0 Å². The number of nitrogens with two attached hydrogens (primary N) is 1. The molecule has 4 nitrogen and oxygen atoms in total. The Morgan fingerprint density at radius 2 is 2.24 bits per heavy atom. The summed E-state index contributed by atoms with van der Waals surface area (Å²) in [7, 11) is 1.68. The number of methoxy groups -OCH3 is 1. The number of anilines is 2. The van der Waals surface area contributed by atoms with E-state index in [2.05, 4.69) is 5.32 Å². The topological polar surface area (TPSA) is 64.3 Å². The first-order valence-corrected chi connectivity index (χ1v) is 6.60. The van der Waals surface area contributed by atoms with E-state index in [1.54, 1.807) is 31.0 Å². The van der Waals surface area contributed by atoms with Gasteiger partial charge in [0.1, 0.15) is 0 Å². The van der Waals surface area contributed by atoms with Gasteiger partial charge in [-0.3, -0.25) is 4.79 Å². The summed E-state index contributed by atoms with van der Waals surface area (Å²) in [5, 5.41) is 2.79. The molecule has 0 aliphatic heterocycles. The third-order valence-corrected chi connectivity index (χ3v) is 3.15. The predicted molar refractivity (Wildman–Crippen MR) is 73.3 cm³/mol. The lowest BCUT2D eigenvalue weighted by Crippen LogP contribution is -2.15. The Hall–Kier alpha value is -1.20. The zero-order valence-electron chi connectivity index (χ0n) is 9.94. The molecule has 0 saturated heterocycles. The minimum atomic E-state index is -0.0229. The largest absolute Gasteiger partial charge is 0.397 e. The molecule has 1 rings (SSSR count). The first-order valence-electron chi connectivity index (χ1n) is 5.45. The number of ether oxygens (including phenoxy) is 1. The fraction of sp³-hybridized carbons (Fsp3) is 0.417. The van der Waals surface area contributed by atoms with E-state index in [4.69, 9.17) is 10.5 Å². The molecule has 0 radical (unpaired) electrons. The van der Waals surface area contributed by atoms with Gasteiger partial charge in [0, 0.05) is 13.7 Å². The Morgan fingerprint density at radius 3 is 2.94 bits per heavy atom. The van der Waals surface area contributed by atoms with Crippen LogP contribution >= 0.6 is 11.8 Å². The Balaban J connectivity index is 2.23. The molecule has 0 saturated carbocycles. The Morgan fingerprint density at radius 1 is 1.47 bits per heavy atom. The van der Waals surface area contributed by atoms with Gasteiger partial charge in [0.2, 0.25) is 5.91 Å². The monoisotopic (exact) mass is 254 g/mol. The van der Waals surface area contributed by atoms with Crippen molar-refractivity contribution in [1.29, 1.82) is 0 Å². The summed E-state index contributed by atoms with van der Waals surface area (Å²) in [5.74, 6) is 1.34. The van der Waals surface area contributed by atoms with Crippen molar-refractivity contribution in [3.8, 4) is 0 Å². The van der Waals surface area contributed by atoms with Gasteiger partial charge in [0.05, 0.1) is 17.1 Å². The molecule has 0 aliphatic rings. The highest BCUT2D eigenvalue weighted by Gasteiger charge is 2.04. The molecule has 0 unspecified atom stereocenters. The molecule has 0 heterocycles. The van der Waals surface area contributed by atoms with E-state index in [0.717, 1.165) is 18.8 Å². The average Bonchev–Trinajstić information content (AvgIpc) is 2.32. The van der Waals surface area contributed by atoms with Crippen molar-refractivity contribution in [2.45, 2.75) is 6.42 Å². The molecule has 0 atom stereocenters. The summed E-state index contributed by atoms with van der Waals surface area (Å²) >= 11 is 1.59. The van der Waals surface area contributed by atoms with E-state index in [-0.39, 0.29) is 5.91 Å². The summed E-state index contributed by atoms with van der Waals surface area (Å²) in [4.78, 5) is 11.6. The van der Waals surface area contributed by atoms with E-state index in [9.17, 15) is 4.79 Å². The van der Waals surface area contributed by atoms with Crippen molar-refractivity contribution in [3.63, 3.8) is 0 Å². The normalized spacial score (nSPS) is 10.2. The van der Waals surface area contributed by atoms with Gasteiger partial charge in [-0.1, -0.05) is 12.1 Å². The molecule has 0 fully saturated rings. The highest BCUT2D eigenvalue weighted by Crippen LogP contribution is 2.17. The Kier molecular flexibility index (Phi) is 6.50. The van der Waals surface area contributed by atoms with Crippen molar-refractivity contribution in [3.05, 3.63) is 24.3 Å². The highest BCUT2D eigenvalue weighted by atomic mass is 32.2. The highest BCUT2D eigenvalue weighted by molar-refractivity contribution is 7.99. The maximum absolute atomic E-state index is 11.6. The van der Waals surface area contributed by atoms with Crippen LogP contribution < -0.4 is 11.1 Å². The molecular formula is C12H18N2O2S. The van der Waals surface area contributed by atoms with Gasteiger partial charge in [0.25, 0.3) is 0 Å². The number of carbonyl (C=O) groups is 1. The third-order valence-electron chi connectivity index (χ3n) is 2.11. The van der Waals surface area contributed by atoms with Crippen LogP contribution in [0.1, 0.15) is 6.42 Å². The number of rotatable bonds is 7. The number of hydrogen-bond donors (Lipinski definition) is 2. The van der Waals surface area contributed by atoms with E-state index in [1.807, 2.05) is 12.1 Å². The molecular weight excluding hydrogens is 236 g/mol. The number of carbonyl (C=O) groups excluding carboxylic acids is 1. The van der Waals surface area contributed by atoms with Gasteiger partial charge in [-0.15, -0.1) is 0 Å². The second-order valence-corrected chi connectivity index (χ2v) is 4.64. The van der Waals surface area contributed by atoms with Gasteiger partial charge < -0.3 is 15.8 Å². The molecule has 17 heavy (non-hydrogen) atoms. The molecule has 1 amide bonds. The Bertz CT molecular complexity index is 358. The van der Waals surface area contributed by atoms with Gasteiger partial charge in [0.15, 0.2) is 0 Å². The number of amides is 1. The Labute approximate surface area is 106 Å². The van der Waals surface area contributed by atoms with Crippen molar-refractivity contribution >= 4 is 29.0 Å². The summed E-state index contributed by atoms with van der Waals surface area (Å²) < 4.78 is 4.93. The van der Waals surface area contributed by atoms with Gasteiger partial charge in [-0.25, -0.2) is 0 Å². The first-order chi connectivity index (χ1) is 8.24. The SMILES string of the molecule is COCCCSCC(=O)Nc1ccccc1N. The average molecular weight is 254 g/mol. The standard InChI is InChI=1S/C12H18N2O2S/c1-16-7-4-8-17-9-12(15)14-11-6-3-2-5-10(11)13/h2-3,5-6H,4,7-9,13H2,1H3,(H,14,15). The molecule has 3 N–H and O–H groups in total. The molecule has 0 spiro atoms. The van der Waals surface area contributed by atoms with E-state index in [1.165, 1.54) is 0 Å². The van der Waals surface area contributed by atoms with Crippen LogP contribution in [0.15, 0.2) is 24.3 Å². The lowest BCUT2D eigenvalue weighted by molar-refractivity contribution is -0.113. The molecule has 1 aromatic carbocycles. The van der Waals surface area contributed by atoms with Crippen LogP contribution in [-0.2, 0) is 9.53 Å². The lowest BCUT2D eigenvalue weighted by Gasteiger charge is -2.07. The summed E-state index contributed by atoms with van der Waals surface area (Å²) in [6.07, 6.45) is 0.960. The third kappa shape index (κ3) is 5.60. The summed E-state index contributed by atoms with van der Waals surface area (Å²) in [6.45, 7) is 0.736. The van der Waals surface area contributed by atoms with E-state index in [0.29, 0.717) is 17.1 Å². The maximum Gasteiger partial charge on any atom is 0.234 e. The molecule has 0 aliphatic carbocycles. The van der Waals surface area contributed by atoms with Crippen molar-refractivity contribution in [2.24, 2.45) is 0 Å². The van der Waals surface area contributed by atoms with E-state index >= 15 is 0 Å². The van der Waals surface area contributed by atoms with Crippen LogP contribution in [-0.4, -0.2) is 31.1 Å². The van der Waals surface area contributed by atoms with E-state index < -0.39 is 0 Å². The second-order valence-electron chi connectivity index (χ2n) is 3.53. The number of nitrogen functional groups attached to an aromatic ring is 1. The summed E-state index contributed by atoms with van der Waals surface area (Å²) in [5.41, 5.74) is 6.99. The predicted octanol–water partition coefficient (Wildman–Crippen LogP) is 1.98. The maximum atomic E-state index is 11.6. The van der Waals surface area contributed by atoms with Gasteiger partial charge >= 0.3 is 0 Å². The zero-order chi connectivity index (χ0) is 12.5. The molecule has 0 bridgehead atoms. The van der Waals surface area contributed by atoms with Crippen molar-refractivity contribution < 1.29 is 9.53 Å². The number of nitrogens with one attached hydrogen (secondary N) is 1. The minimum Gasteiger partial charge on any atom is -0.397 e. The van der Waals surface area contributed by atoms with Crippen LogP contribution in [0.3, 0.4) is 0 Å². The van der Waals surface area contributed by atoms with Gasteiger partial charge in [-0.05, 0) is 24.3 Å². The minimum absolute atomic E-state index is 0.0229. The number of thioether (sulfide) groups is 1. The number of para-hydroxylation sites is 2. The van der Waals surface area contributed by atoms with Crippen molar-refractivity contribution in [2.75, 3.05) is 36.3 Å². The fourth-order valence-corrected chi connectivity index (χ4v) is 1.99. The fourth-order valence-electron chi connectivity index (χ4n) is 1.27. The zero-order valence-corrected chi connectivity index (χ0v) is 10.8. The van der Waals surface area contributed by atoms with Crippen LogP contribution in [0.25, 0.3) is 0 Å². The molecule has 0 aromatic heterocycles. The molecule has 5 heteroatoms. The lowest BCUT2D eigenvalue weighted by atomic mass is 10.3. The smallest absolute Gasteiger partial charge is 0.234 e. The van der Waals surface area contributed by atoms with Crippen LogP contribution in [0.2, 0.25) is 0 Å². The molecule has 1 aromatic rings. The van der Waals surface area contributed by atoms with Crippen LogP contribution in [0, 0.1) is 0 Å². The van der Waals surface area contributed by atoms with Crippen LogP contribution in [0.4, 0.5) is 11.4 Å². The second kappa shape index (κ2) is 7.97. The first kappa shape index (κ1) is 13.9. The number of hydrogen-bond acceptors (Lipinski definition) is 4. The van der Waals surface area contributed by atoms with Gasteiger partial charge in [-0.2, -0.15) is 11.8 Å². The number of benzene rings is 1. The summed E-state index contributed by atoms with van der Waals surface area (Å²) in [6, 6.07) is 7.24. The molecule has 94 valence electrons. The quantitative estimate of drug-likeness (QED) is 0.577.